The van der Waals surface area contributed by atoms with Crippen LogP contribution in [0.4, 0.5) is 0 Å². The standard InChI is InChI=1S/C12H27N/c1-4-6-7-12(5-2)10-11(3)8-9-13/h11-12H,4-10,13H2,1-3H3. The molecule has 0 bridgehead atoms. The number of nitrogens with two attached hydrogens (primary N) is 1. The summed E-state index contributed by atoms with van der Waals surface area (Å²) in [5.41, 5.74) is 5.55. The van der Waals surface area contributed by atoms with E-state index in [1.807, 2.05) is 0 Å². The Bertz CT molecular complexity index is 101. The zero-order chi connectivity index (χ0) is 10.1. The molecule has 0 aromatic rings. The predicted octanol–water partition coefficient (Wildman–Crippen LogP) is 3.58. The van der Waals surface area contributed by atoms with Crippen LogP contribution >= 0.6 is 0 Å². The zero-order valence-electron chi connectivity index (χ0n) is 9.68. The molecule has 0 rings (SSSR count). The molecule has 0 aromatic heterocycles. The first-order valence-corrected chi connectivity index (χ1v) is 5.94. The zero-order valence-corrected chi connectivity index (χ0v) is 9.68. The maximum Gasteiger partial charge on any atom is -0.00747 e. The molecular weight excluding hydrogens is 158 g/mol. The first kappa shape index (κ1) is 13.0. The van der Waals surface area contributed by atoms with Gasteiger partial charge in [-0.2, -0.15) is 0 Å². The summed E-state index contributed by atoms with van der Waals surface area (Å²) in [6.07, 6.45) is 8.07. The van der Waals surface area contributed by atoms with Crippen molar-refractivity contribution in [3.05, 3.63) is 0 Å². The summed E-state index contributed by atoms with van der Waals surface area (Å²) in [6.45, 7) is 7.78. The summed E-state index contributed by atoms with van der Waals surface area (Å²) in [6, 6.07) is 0. The van der Waals surface area contributed by atoms with Crippen molar-refractivity contribution in [3.63, 3.8) is 0 Å². The van der Waals surface area contributed by atoms with Gasteiger partial charge < -0.3 is 5.73 Å². The third-order valence-corrected chi connectivity index (χ3v) is 2.94. The molecule has 0 aliphatic rings. The van der Waals surface area contributed by atoms with Gasteiger partial charge in [0.05, 0.1) is 0 Å². The lowest BCUT2D eigenvalue weighted by molar-refractivity contribution is 0.342. The largest absolute Gasteiger partial charge is 0.330 e. The Morgan fingerprint density at radius 1 is 1.15 bits per heavy atom. The quantitative estimate of drug-likeness (QED) is 0.614. The van der Waals surface area contributed by atoms with Crippen LogP contribution < -0.4 is 5.73 Å². The molecule has 1 heteroatoms. The first-order valence-electron chi connectivity index (χ1n) is 5.94. The van der Waals surface area contributed by atoms with E-state index in [4.69, 9.17) is 5.73 Å². The molecule has 0 fully saturated rings. The van der Waals surface area contributed by atoms with Gasteiger partial charge in [-0.05, 0) is 31.2 Å². The Morgan fingerprint density at radius 2 is 1.85 bits per heavy atom. The summed E-state index contributed by atoms with van der Waals surface area (Å²) in [7, 11) is 0. The van der Waals surface area contributed by atoms with Crippen LogP contribution in [0.1, 0.15) is 59.3 Å². The fraction of sp³-hybridized carbons (Fsp3) is 1.00. The molecule has 0 aliphatic heterocycles. The van der Waals surface area contributed by atoms with Crippen molar-refractivity contribution in [2.45, 2.75) is 59.3 Å². The second-order valence-electron chi connectivity index (χ2n) is 4.33. The normalized spacial score (nSPS) is 15.7. The van der Waals surface area contributed by atoms with Crippen LogP contribution in [-0.4, -0.2) is 6.54 Å². The van der Waals surface area contributed by atoms with Crippen LogP contribution in [0.15, 0.2) is 0 Å². The summed E-state index contributed by atoms with van der Waals surface area (Å²) < 4.78 is 0. The second-order valence-corrected chi connectivity index (χ2v) is 4.33. The predicted molar refractivity (Wildman–Crippen MR) is 60.8 cm³/mol. The highest BCUT2D eigenvalue weighted by Gasteiger charge is 2.10. The molecule has 0 radical (unpaired) electrons. The molecule has 80 valence electrons. The van der Waals surface area contributed by atoms with Crippen LogP contribution in [-0.2, 0) is 0 Å². The van der Waals surface area contributed by atoms with Crippen molar-refractivity contribution in [2.75, 3.05) is 6.54 Å². The van der Waals surface area contributed by atoms with Gasteiger partial charge >= 0.3 is 0 Å². The van der Waals surface area contributed by atoms with E-state index < -0.39 is 0 Å². The Balaban J connectivity index is 3.56. The van der Waals surface area contributed by atoms with Gasteiger partial charge in [-0.1, -0.05) is 46.5 Å². The minimum Gasteiger partial charge on any atom is -0.330 e. The Morgan fingerprint density at radius 3 is 2.31 bits per heavy atom. The van der Waals surface area contributed by atoms with E-state index in [2.05, 4.69) is 20.8 Å². The molecule has 2 unspecified atom stereocenters. The molecule has 0 amide bonds. The summed E-state index contributed by atoms with van der Waals surface area (Å²) in [4.78, 5) is 0. The Labute approximate surface area is 84.1 Å². The highest BCUT2D eigenvalue weighted by Crippen LogP contribution is 2.22. The third kappa shape index (κ3) is 7.06. The van der Waals surface area contributed by atoms with Crippen LogP contribution in [0, 0.1) is 11.8 Å². The molecule has 0 spiro atoms. The molecular formula is C12H27N. The van der Waals surface area contributed by atoms with Crippen LogP contribution in [0.25, 0.3) is 0 Å². The van der Waals surface area contributed by atoms with Gasteiger partial charge in [0.2, 0.25) is 0 Å². The fourth-order valence-corrected chi connectivity index (χ4v) is 1.95. The highest BCUT2D eigenvalue weighted by molar-refractivity contribution is 4.63. The minimum absolute atomic E-state index is 0.826. The number of rotatable bonds is 8. The van der Waals surface area contributed by atoms with E-state index in [9.17, 15) is 0 Å². The van der Waals surface area contributed by atoms with E-state index in [-0.39, 0.29) is 0 Å². The lowest BCUT2D eigenvalue weighted by Gasteiger charge is -2.18. The van der Waals surface area contributed by atoms with Gasteiger partial charge in [-0.15, -0.1) is 0 Å². The molecule has 2 N–H and O–H groups in total. The van der Waals surface area contributed by atoms with Gasteiger partial charge in [0.1, 0.15) is 0 Å². The smallest absolute Gasteiger partial charge is 0.00747 e. The number of hydrogen-bond donors (Lipinski definition) is 1. The molecule has 13 heavy (non-hydrogen) atoms. The maximum absolute atomic E-state index is 5.55. The SMILES string of the molecule is CCCCC(CC)CC(C)CCN. The minimum atomic E-state index is 0.826. The highest BCUT2D eigenvalue weighted by atomic mass is 14.5. The van der Waals surface area contributed by atoms with E-state index in [1.54, 1.807) is 0 Å². The van der Waals surface area contributed by atoms with E-state index in [0.717, 1.165) is 18.4 Å². The van der Waals surface area contributed by atoms with Gasteiger partial charge in [-0.3, -0.25) is 0 Å². The summed E-state index contributed by atoms with van der Waals surface area (Å²) >= 11 is 0. The van der Waals surface area contributed by atoms with Crippen LogP contribution in [0.2, 0.25) is 0 Å². The molecule has 0 aromatic carbocycles. The average Bonchev–Trinajstić information content (AvgIpc) is 2.12. The van der Waals surface area contributed by atoms with Gasteiger partial charge in [0.15, 0.2) is 0 Å². The lowest BCUT2D eigenvalue weighted by Crippen LogP contribution is -2.10. The van der Waals surface area contributed by atoms with Gasteiger partial charge in [0.25, 0.3) is 0 Å². The monoisotopic (exact) mass is 185 g/mol. The average molecular weight is 185 g/mol. The van der Waals surface area contributed by atoms with Crippen molar-refractivity contribution in [1.82, 2.24) is 0 Å². The van der Waals surface area contributed by atoms with Crippen LogP contribution in [0.5, 0.6) is 0 Å². The molecule has 0 aliphatic carbocycles. The Hall–Kier alpha value is -0.0400. The van der Waals surface area contributed by atoms with E-state index in [1.165, 1.54) is 38.5 Å². The molecule has 0 saturated carbocycles. The van der Waals surface area contributed by atoms with Crippen molar-refractivity contribution >= 4 is 0 Å². The third-order valence-electron chi connectivity index (χ3n) is 2.94. The molecule has 0 heterocycles. The van der Waals surface area contributed by atoms with Crippen LogP contribution in [0.3, 0.4) is 0 Å². The second kappa shape index (κ2) is 8.55. The fourth-order valence-electron chi connectivity index (χ4n) is 1.95. The topological polar surface area (TPSA) is 26.0 Å². The van der Waals surface area contributed by atoms with Gasteiger partial charge in [0, 0.05) is 0 Å². The van der Waals surface area contributed by atoms with Crippen molar-refractivity contribution in [1.29, 1.82) is 0 Å². The maximum atomic E-state index is 5.55. The molecule has 0 saturated heterocycles. The Kier molecular flexibility index (Phi) is 8.53. The van der Waals surface area contributed by atoms with Gasteiger partial charge in [-0.25, -0.2) is 0 Å². The lowest BCUT2D eigenvalue weighted by atomic mass is 9.88. The van der Waals surface area contributed by atoms with Crippen molar-refractivity contribution < 1.29 is 0 Å². The van der Waals surface area contributed by atoms with E-state index in [0.29, 0.717) is 0 Å². The first-order chi connectivity index (χ1) is 6.24. The molecule has 1 nitrogen and oxygen atoms in total. The number of hydrogen-bond acceptors (Lipinski definition) is 1. The number of unbranched alkanes of at least 4 members (excludes halogenated alkanes) is 1. The van der Waals surface area contributed by atoms with E-state index >= 15 is 0 Å². The molecule has 2 atom stereocenters. The summed E-state index contributed by atoms with van der Waals surface area (Å²) in [5, 5.41) is 0. The van der Waals surface area contributed by atoms with Crippen molar-refractivity contribution in [2.24, 2.45) is 17.6 Å². The summed E-state index contributed by atoms with van der Waals surface area (Å²) in [5.74, 6) is 1.77. The van der Waals surface area contributed by atoms with Crippen molar-refractivity contribution in [3.8, 4) is 0 Å².